The number of ether oxygens (including phenoxy) is 1. The van der Waals surface area contributed by atoms with Crippen LogP contribution in [0.2, 0.25) is 0 Å². The second kappa shape index (κ2) is 7.85. The number of guanidine groups is 1. The highest BCUT2D eigenvalue weighted by Crippen LogP contribution is 2.18. The summed E-state index contributed by atoms with van der Waals surface area (Å²) in [5.74, 6) is 0.631. The van der Waals surface area contributed by atoms with E-state index in [9.17, 15) is 9.59 Å². The molecular weight excluding hydrogens is 350 g/mol. The van der Waals surface area contributed by atoms with Gasteiger partial charge in [0.1, 0.15) is 11.3 Å². The molecule has 10 nitrogen and oxygen atoms in total. The summed E-state index contributed by atoms with van der Waals surface area (Å²) in [5.41, 5.74) is -0.0557. The van der Waals surface area contributed by atoms with Crippen molar-refractivity contribution >= 4 is 18.0 Å². The van der Waals surface area contributed by atoms with E-state index < -0.39 is 5.60 Å². The number of nitrogens with zero attached hydrogens (tertiary/aromatic N) is 4. The van der Waals surface area contributed by atoms with Gasteiger partial charge >= 0.3 is 6.09 Å². The maximum absolute atomic E-state index is 12.2. The van der Waals surface area contributed by atoms with Crippen molar-refractivity contribution in [2.75, 3.05) is 39.3 Å². The van der Waals surface area contributed by atoms with Gasteiger partial charge in [0, 0.05) is 38.9 Å². The normalized spacial score (nSPS) is 19.4. The minimum absolute atomic E-state index is 0.161. The molecule has 2 aliphatic heterocycles. The number of fused-ring (bicyclic) bond motifs is 1. The van der Waals surface area contributed by atoms with E-state index in [1.165, 1.54) is 6.20 Å². The number of aliphatic imine (C=N–C) groups is 1. The molecule has 0 aromatic carbocycles. The molecule has 0 aliphatic carbocycles. The summed E-state index contributed by atoms with van der Waals surface area (Å²) in [7, 11) is 0. The number of piperazine rings is 1. The van der Waals surface area contributed by atoms with Gasteiger partial charge in [0.25, 0.3) is 5.91 Å². The van der Waals surface area contributed by atoms with Crippen LogP contribution in [0.3, 0.4) is 0 Å². The van der Waals surface area contributed by atoms with Crippen molar-refractivity contribution in [3.05, 3.63) is 18.0 Å². The van der Waals surface area contributed by atoms with E-state index in [1.807, 2.05) is 20.8 Å². The fourth-order valence-electron chi connectivity index (χ4n) is 3.05. The van der Waals surface area contributed by atoms with Crippen molar-refractivity contribution in [2.45, 2.75) is 32.4 Å². The highest BCUT2D eigenvalue weighted by molar-refractivity contribution is 5.92. The molecule has 3 N–H and O–H groups in total. The summed E-state index contributed by atoms with van der Waals surface area (Å²) in [6, 6.07) is 1.78. The molecule has 1 fully saturated rings. The Kier molecular flexibility index (Phi) is 5.52. The van der Waals surface area contributed by atoms with E-state index in [1.54, 1.807) is 11.0 Å². The molecule has 0 radical (unpaired) electrons. The molecule has 1 aromatic rings. The molecule has 0 saturated carbocycles. The Labute approximate surface area is 158 Å². The third kappa shape index (κ3) is 4.89. The number of carbonyl (C=O) groups is 2. The summed E-state index contributed by atoms with van der Waals surface area (Å²) in [6.45, 7) is 9.19. The number of rotatable bonds is 4. The quantitative estimate of drug-likeness (QED) is 0.637. The van der Waals surface area contributed by atoms with Gasteiger partial charge in [-0.25, -0.2) is 4.79 Å². The van der Waals surface area contributed by atoms with Crippen molar-refractivity contribution in [1.29, 1.82) is 0 Å². The van der Waals surface area contributed by atoms with E-state index in [-0.39, 0.29) is 18.0 Å². The van der Waals surface area contributed by atoms with Crippen LogP contribution < -0.4 is 10.6 Å². The maximum Gasteiger partial charge on any atom is 0.410 e. The number of nitrogens with one attached hydrogen (secondary N) is 3. The van der Waals surface area contributed by atoms with Crippen LogP contribution in [0.4, 0.5) is 4.79 Å². The summed E-state index contributed by atoms with van der Waals surface area (Å²) < 4.78 is 5.45. The van der Waals surface area contributed by atoms with Crippen LogP contribution in [0.25, 0.3) is 0 Å². The summed E-state index contributed by atoms with van der Waals surface area (Å²) in [4.78, 5) is 32.5. The molecule has 2 amide bonds. The molecule has 1 aromatic heterocycles. The molecule has 1 atom stereocenters. The maximum atomic E-state index is 12.2. The molecule has 2 aliphatic rings. The lowest BCUT2D eigenvalue weighted by atomic mass is 10.2. The average Bonchev–Trinajstić information content (AvgIpc) is 3.26. The van der Waals surface area contributed by atoms with Crippen molar-refractivity contribution in [3.8, 4) is 0 Å². The Morgan fingerprint density at radius 2 is 2.15 bits per heavy atom. The summed E-state index contributed by atoms with van der Waals surface area (Å²) >= 11 is 0. The van der Waals surface area contributed by atoms with E-state index >= 15 is 0 Å². The molecule has 1 saturated heterocycles. The van der Waals surface area contributed by atoms with Crippen molar-refractivity contribution in [2.24, 2.45) is 4.99 Å². The predicted octanol–water partition coefficient (Wildman–Crippen LogP) is 0.0200. The molecule has 0 bridgehead atoms. The second-order valence-electron chi connectivity index (χ2n) is 7.59. The molecule has 3 heterocycles. The zero-order valence-corrected chi connectivity index (χ0v) is 16.0. The van der Waals surface area contributed by atoms with Crippen LogP contribution in [0.1, 0.15) is 31.3 Å². The monoisotopic (exact) mass is 377 g/mol. The van der Waals surface area contributed by atoms with Crippen molar-refractivity contribution in [3.63, 3.8) is 0 Å². The zero-order valence-electron chi connectivity index (χ0n) is 16.0. The fraction of sp³-hybridized carbons (Fsp3) is 0.647. The van der Waals surface area contributed by atoms with Gasteiger partial charge in [-0.15, -0.1) is 0 Å². The van der Waals surface area contributed by atoms with E-state index in [0.29, 0.717) is 45.0 Å². The number of H-pyrrole nitrogens is 1. The highest BCUT2D eigenvalue weighted by Gasteiger charge is 2.36. The molecule has 0 spiro atoms. The first kappa shape index (κ1) is 19.0. The Hall–Kier alpha value is -2.78. The lowest BCUT2D eigenvalue weighted by Crippen LogP contribution is -2.57. The smallest absolute Gasteiger partial charge is 0.410 e. The van der Waals surface area contributed by atoms with Crippen LogP contribution in [-0.4, -0.2) is 88.9 Å². The van der Waals surface area contributed by atoms with E-state index in [4.69, 9.17) is 4.74 Å². The van der Waals surface area contributed by atoms with Gasteiger partial charge < -0.3 is 25.2 Å². The Morgan fingerprint density at radius 3 is 2.85 bits per heavy atom. The topological polar surface area (TPSA) is 115 Å². The SMILES string of the molecule is CC(C)(C)OC(=O)N1CCN2C(NCCNC(=O)c3ccn[nH]3)=NCC2C1. The molecular formula is C17H27N7O3. The van der Waals surface area contributed by atoms with Crippen molar-refractivity contribution in [1.82, 2.24) is 30.6 Å². The van der Waals surface area contributed by atoms with Crippen LogP contribution >= 0.6 is 0 Å². The first-order valence-electron chi connectivity index (χ1n) is 9.14. The Bertz CT molecular complexity index is 696. The number of hydrogen-bond acceptors (Lipinski definition) is 7. The number of aromatic amines is 1. The Balaban J connectivity index is 1.40. The number of amides is 2. The molecule has 3 rings (SSSR count). The van der Waals surface area contributed by atoms with Gasteiger partial charge in [0.15, 0.2) is 5.96 Å². The molecule has 27 heavy (non-hydrogen) atoms. The lowest BCUT2D eigenvalue weighted by molar-refractivity contribution is 0.0137. The third-order valence-electron chi connectivity index (χ3n) is 4.30. The minimum Gasteiger partial charge on any atom is -0.444 e. The van der Waals surface area contributed by atoms with Crippen LogP contribution in [0.5, 0.6) is 0 Å². The molecule has 10 heteroatoms. The first-order chi connectivity index (χ1) is 12.8. The second-order valence-corrected chi connectivity index (χ2v) is 7.59. The number of hydrogen-bond donors (Lipinski definition) is 3. The number of carbonyl (C=O) groups excluding carboxylic acids is 2. The first-order valence-corrected chi connectivity index (χ1v) is 9.14. The summed E-state index contributed by atoms with van der Waals surface area (Å²) in [6.07, 6.45) is 1.27. The molecule has 1 unspecified atom stereocenters. The largest absolute Gasteiger partial charge is 0.444 e. The Morgan fingerprint density at radius 1 is 1.33 bits per heavy atom. The van der Waals surface area contributed by atoms with Crippen LogP contribution in [-0.2, 0) is 4.74 Å². The molecule has 148 valence electrons. The van der Waals surface area contributed by atoms with Gasteiger partial charge in [0.2, 0.25) is 0 Å². The highest BCUT2D eigenvalue weighted by atomic mass is 16.6. The van der Waals surface area contributed by atoms with Gasteiger partial charge in [-0.2, -0.15) is 5.10 Å². The fourth-order valence-corrected chi connectivity index (χ4v) is 3.05. The standard InChI is InChI=1S/C17H27N7O3/c1-17(2,3)27-16(26)23-8-9-24-12(11-23)10-20-15(24)19-7-6-18-14(25)13-4-5-21-22-13/h4-5,12H,6-11H2,1-3H3,(H,18,25)(H,19,20)(H,21,22). The van der Waals surface area contributed by atoms with E-state index in [2.05, 4.69) is 30.7 Å². The lowest BCUT2D eigenvalue weighted by Gasteiger charge is -2.39. The minimum atomic E-state index is -0.492. The van der Waals surface area contributed by atoms with Gasteiger partial charge in [-0.3, -0.25) is 14.9 Å². The average molecular weight is 377 g/mol. The van der Waals surface area contributed by atoms with Gasteiger partial charge in [-0.05, 0) is 26.8 Å². The van der Waals surface area contributed by atoms with E-state index in [0.717, 1.165) is 5.96 Å². The van der Waals surface area contributed by atoms with Gasteiger partial charge in [0.05, 0.1) is 12.6 Å². The van der Waals surface area contributed by atoms with Crippen LogP contribution in [0.15, 0.2) is 17.3 Å². The van der Waals surface area contributed by atoms with Crippen molar-refractivity contribution < 1.29 is 14.3 Å². The zero-order chi connectivity index (χ0) is 19.4. The van der Waals surface area contributed by atoms with Gasteiger partial charge in [-0.1, -0.05) is 0 Å². The van der Waals surface area contributed by atoms with Crippen LogP contribution in [0, 0.1) is 0 Å². The summed E-state index contributed by atoms with van der Waals surface area (Å²) in [5, 5.41) is 12.5. The third-order valence-corrected chi connectivity index (χ3v) is 4.30. The number of aromatic nitrogens is 2. The predicted molar refractivity (Wildman–Crippen MR) is 99.5 cm³/mol.